The highest BCUT2D eigenvalue weighted by molar-refractivity contribution is 7.80. The number of thiol groups is 1. The van der Waals surface area contributed by atoms with Crippen molar-refractivity contribution in [3.05, 3.63) is 24.5 Å². The summed E-state index contributed by atoms with van der Waals surface area (Å²) in [7, 11) is 1.75. The lowest BCUT2D eigenvalue weighted by atomic mass is 10.3. The van der Waals surface area contributed by atoms with Crippen LogP contribution < -0.4 is 4.90 Å². The number of pyridine rings is 1. The highest BCUT2D eigenvalue weighted by Gasteiger charge is 2.08. The van der Waals surface area contributed by atoms with E-state index in [-0.39, 0.29) is 5.91 Å². The van der Waals surface area contributed by atoms with Gasteiger partial charge in [0, 0.05) is 31.5 Å². The van der Waals surface area contributed by atoms with Crippen LogP contribution in [-0.4, -0.2) is 23.7 Å². The van der Waals surface area contributed by atoms with E-state index in [1.807, 2.05) is 0 Å². The molecule has 0 saturated carbocycles. The van der Waals surface area contributed by atoms with Crippen LogP contribution in [0.5, 0.6) is 0 Å². The van der Waals surface area contributed by atoms with Crippen molar-refractivity contribution in [1.29, 1.82) is 0 Å². The molecule has 1 heterocycles. The van der Waals surface area contributed by atoms with Crippen LogP contribution in [-0.2, 0) is 4.79 Å². The summed E-state index contributed by atoms with van der Waals surface area (Å²) in [5, 5.41) is 0. The minimum atomic E-state index is 0.0706. The first-order valence-electron chi connectivity index (χ1n) is 4.03. The molecule has 0 N–H and O–H groups in total. The summed E-state index contributed by atoms with van der Waals surface area (Å²) in [6.07, 6.45) is 3.79. The van der Waals surface area contributed by atoms with Crippen LogP contribution in [0.1, 0.15) is 6.42 Å². The normalized spacial score (nSPS) is 9.69. The Hall–Kier alpha value is -1.03. The standard InChI is InChI=1S/C9H12N2OS/c1-11(9(12)4-7-13)8-2-5-10-6-3-8/h2-3,5-6,13H,4,7H2,1H3. The average Bonchev–Trinajstić information content (AvgIpc) is 2.18. The molecule has 0 aliphatic heterocycles. The van der Waals surface area contributed by atoms with Crippen molar-refractivity contribution in [1.82, 2.24) is 4.98 Å². The van der Waals surface area contributed by atoms with Gasteiger partial charge in [-0.1, -0.05) is 0 Å². The Balaban J connectivity index is 2.68. The Kier molecular flexibility index (Phi) is 3.76. The van der Waals surface area contributed by atoms with E-state index in [9.17, 15) is 4.79 Å². The van der Waals surface area contributed by atoms with Crippen LogP contribution in [0.2, 0.25) is 0 Å². The van der Waals surface area contributed by atoms with E-state index in [0.717, 1.165) is 5.69 Å². The van der Waals surface area contributed by atoms with E-state index >= 15 is 0 Å². The van der Waals surface area contributed by atoms with E-state index in [4.69, 9.17) is 0 Å². The maximum atomic E-state index is 11.4. The van der Waals surface area contributed by atoms with E-state index in [2.05, 4.69) is 17.6 Å². The summed E-state index contributed by atoms with van der Waals surface area (Å²) >= 11 is 4.01. The fourth-order valence-corrected chi connectivity index (χ4v) is 1.17. The number of carbonyl (C=O) groups is 1. The predicted octanol–water partition coefficient (Wildman–Crippen LogP) is 1.36. The van der Waals surface area contributed by atoms with Gasteiger partial charge in [0.15, 0.2) is 0 Å². The van der Waals surface area contributed by atoms with Gasteiger partial charge in [-0.15, -0.1) is 0 Å². The van der Waals surface area contributed by atoms with E-state index in [1.165, 1.54) is 0 Å². The van der Waals surface area contributed by atoms with Crippen molar-refractivity contribution in [3.8, 4) is 0 Å². The highest BCUT2D eigenvalue weighted by atomic mass is 32.1. The second kappa shape index (κ2) is 4.87. The number of hydrogen-bond donors (Lipinski definition) is 1. The van der Waals surface area contributed by atoms with Crippen LogP contribution in [0.4, 0.5) is 5.69 Å². The fourth-order valence-electron chi connectivity index (χ4n) is 0.975. The van der Waals surface area contributed by atoms with E-state index in [1.54, 1.807) is 36.5 Å². The van der Waals surface area contributed by atoms with Crippen molar-refractivity contribution in [2.45, 2.75) is 6.42 Å². The van der Waals surface area contributed by atoms with Gasteiger partial charge in [-0.05, 0) is 17.9 Å². The molecule has 0 fully saturated rings. The molecule has 4 heteroatoms. The van der Waals surface area contributed by atoms with Crippen molar-refractivity contribution in [3.63, 3.8) is 0 Å². The molecule has 1 rings (SSSR count). The first-order valence-corrected chi connectivity index (χ1v) is 4.66. The molecule has 1 aromatic heterocycles. The van der Waals surface area contributed by atoms with Gasteiger partial charge in [-0.25, -0.2) is 0 Å². The summed E-state index contributed by atoms with van der Waals surface area (Å²) in [6.45, 7) is 0. The summed E-state index contributed by atoms with van der Waals surface area (Å²) in [5.41, 5.74) is 0.863. The zero-order chi connectivity index (χ0) is 9.68. The monoisotopic (exact) mass is 196 g/mol. The Morgan fingerprint density at radius 3 is 2.69 bits per heavy atom. The summed E-state index contributed by atoms with van der Waals surface area (Å²) < 4.78 is 0. The third-order valence-electron chi connectivity index (χ3n) is 1.75. The maximum Gasteiger partial charge on any atom is 0.227 e. The van der Waals surface area contributed by atoms with Gasteiger partial charge in [0.2, 0.25) is 5.91 Å². The SMILES string of the molecule is CN(C(=O)CCS)c1ccncc1. The molecule has 0 aromatic carbocycles. The summed E-state index contributed by atoms with van der Waals surface area (Å²) in [5.74, 6) is 0.648. The van der Waals surface area contributed by atoms with Gasteiger partial charge in [0.25, 0.3) is 0 Å². The van der Waals surface area contributed by atoms with Crippen LogP contribution >= 0.6 is 12.6 Å². The average molecular weight is 196 g/mol. The van der Waals surface area contributed by atoms with E-state index < -0.39 is 0 Å². The number of amides is 1. The Labute approximate surface area is 83.2 Å². The molecule has 0 aliphatic carbocycles. The molecule has 13 heavy (non-hydrogen) atoms. The Morgan fingerprint density at radius 2 is 2.15 bits per heavy atom. The molecular weight excluding hydrogens is 184 g/mol. The fraction of sp³-hybridized carbons (Fsp3) is 0.333. The predicted molar refractivity (Wildman–Crippen MR) is 56.1 cm³/mol. The third-order valence-corrected chi connectivity index (χ3v) is 1.97. The smallest absolute Gasteiger partial charge is 0.227 e. The van der Waals surface area contributed by atoms with Crippen LogP contribution in [0.15, 0.2) is 24.5 Å². The zero-order valence-corrected chi connectivity index (χ0v) is 8.37. The number of carbonyl (C=O) groups excluding carboxylic acids is 1. The molecule has 0 bridgehead atoms. The molecule has 1 amide bonds. The van der Waals surface area contributed by atoms with Gasteiger partial charge < -0.3 is 4.90 Å². The number of rotatable bonds is 3. The second-order valence-electron chi connectivity index (χ2n) is 2.63. The largest absolute Gasteiger partial charge is 0.315 e. The quantitative estimate of drug-likeness (QED) is 0.741. The van der Waals surface area contributed by atoms with Crippen LogP contribution in [0.25, 0.3) is 0 Å². The molecular formula is C9H12N2OS. The lowest BCUT2D eigenvalue weighted by Crippen LogP contribution is -2.26. The Morgan fingerprint density at radius 1 is 1.54 bits per heavy atom. The van der Waals surface area contributed by atoms with Gasteiger partial charge in [-0.3, -0.25) is 9.78 Å². The number of aromatic nitrogens is 1. The molecule has 3 nitrogen and oxygen atoms in total. The molecule has 0 saturated heterocycles. The van der Waals surface area contributed by atoms with Crippen molar-refractivity contribution >= 4 is 24.2 Å². The second-order valence-corrected chi connectivity index (χ2v) is 3.08. The molecule has 0 unspecified atom stereocenters. The van der Waals surface area contributed by atoms with Gasteiger partial charge in [0.1, 0.15) is 0 Å². The summed E-state index contributed by atoms with van der Waals surface area (Å²) in [6, 6.07) is 3.60. The van der Waals surface area contributed by atoms with Crippen LogP contribution in [0, 0.1) is 0 Å². The van der Waals surface area contributed by atoms with Gasteiger partial charge in [-0.2, -0.15) is 12.6 Å². The maximum absolute atomic E-state index is 11.4. The third kappa shape index (κ3) is 2.73. The lowest BCUT2D eigenvalue weighted by Gasteiger charge is -2.16. The molecule has 70 valence electrons. The van der Waals surface area contributed by atoms with Crippen molar-refractivity contribution < 1.29 is 4.79 Å². The topological polar surface area (TPSA) is 33.2 Å². The molecule has 0 spiro atoms. The minimum absolute atomic E-state index is 0.0706. The lowest BCUT2D eigenvalue weighted by molar-refractivity contribution is -0.117. The molecule has 1 aromatic rings. The van der Waals surface area contributed by atoms with Crippen molar-refractivity contribution in [2.75, 3.05) is 17.7 Å². The first kappa shape index (κ1) is 10.1. The molecule has 0 radical (unpaired) electrons. The number of anilines is 1. The first-order chi connectivity index (χ1) is 6.25. The minimum Gasteiger partial charge on any atom is -0.315 e. The van der Waals surface area contributed by atoms with Gasteiger partial charge in [0.05, 0.1) is 0 Å². The summed E-state index contributed by atoms with van der Waals surface area (Å²) in [4.78, 5) is 16.9. The Bertz CT molecular complexity index is 276. The number of hydrogen-bond acceptors (Lipinski definition) is 3. The van der Waals surface area contributed by atoms with Crippen molar-refractivity contribution in [2.24, 2.45) is 0 Å². The van der Waals surface area contributed by atoms with Crippen LogP contribution in [0.3, 0.4) is 0 Å². The highest BCUT2D eigenvalue weighted by Crippen LogP contribution is 2.10. The van der Waals surface area contributed by atoms with Gasteiger partial charge >= 0.3 is 0 Å². The van der Waals surface area contributed by atoms with E-state index in [0.29, 0.717) is 12.2 Å². The zero-order valence-electron chi connectivity index (χ0n) is 7.47. The molecule has 0 atom stereocenters. The molecule has 0 aliphatic rings. The number of nitrogens with zero attached hydrogens (tertiary/aromatic N) is 2.